The van der Waals surface area contributed by atoms with Gasteiger partial charge in [0.25, 0.3) is 5.91 Å². The van der Waals surface area contributed by atoms with E-state index >= 15 is 0 Å². The number of pyridine rings is 1. The lowest BCUT2D eigenvalue weighted by atomic mass is 10.0. The highest BCUT2D eigenvalue weighted by atomic mass is 16.2. The lowest BCUT2D eigenvalue weighted by molar-refractivity contribution is 0.0630. The Hall–Kier alpha value is -3.52. The van der Waals surface area contributed by atoms with E-state index in [9.17, 15) is 4.79 Å². The van der Waals surface area contributed by atoms with Crippen molar-refractivity contribution in [3.8, 4) is 5.69 Å². The van der Waals surface area contributed by atoms with Gasteiger partial charge in [-0.05, 0) is 50.8 Å². The SMILES string of the molecule is Cc1nn(C)cc1CN1CCN(C(=O)c2cc(C3CC3)nc3c2c(C2CC2)nn3-c2ccccc2)CC1. The van der Waals surface area contributed by atoms with Crippen LogP contribution in [-0.4, -0.2) is 66.4 Å². The molecule has 0 bridgehead atoms. The smallest absolute Gasteiger partial charge is 0.254 e. The van der Waals surface area contributed by atoms with E-state index in [-0.39, 0.29) is 5.91 Å². The third-order valence-corrected chi connectivity index (χ3v) is 8.04. The van der Waals surface area contributed by atoms with Gasteiger partial charge in [-0.15, -0.1) is 0 Å². The number of rotatable bonds is 6. The predicted molar refractivity (Wildman–Crippen MR) is 142 cm³/mol. The second-order valence-electron chi connectivity index (χ2n) is 11.0. The van der Waals surface area contributed by atoms with Crippen molar-refractivity contribution >= 4 is 16.9 Å². The summed E-state index contributed by atoms with van der Waals surface area (Å²) >= 11 is 0. The molecule has 0 unspecified atom stereocenters. The van der Waals surface area contributed by atoms with Gasteiger partial charge >= 0.3 is 0 Å². The van der Waals surface area contributed by atoms with E-state index in [0.29, 0.717) is 11.8 Å². The van der Waals surface area contributed by atoms with Crippen LogP contribution in [0.3, 0.4) is 0 Å². The van der Waals surface area contributed by atoms with Crippen LogP contribution in [0.5, 0.6) is 0 Å². The van der Waals surface area contributed by atoms with E-state index < -0.39 is 0 Å². The van der Waals surface area contributed by atoms with Crippen molar-refractivity contribution < 1.29 is 4.79 Å². The predicted octanol–water partition coefficient (Wildman–Crippen LogP) is 4.18. The molecule has 2 aliphatic carbocycles. The first-order valence-electron chi connectivity index (χ1n) is 13.5. The van der Waals surface area contributed by atoms with Crippen molar-refractivity contribution in [2.75, 3.05) is 26.2 Å². The lowest BCUT2D eigenvalue weighted by Gasteiger charge is -2.34. The summed E-state index contributed by atoms with van der Waals surface area (Å²) in [6.07, 6.45) is 6.65. The Morgan fingerprint density at radius 3 is 2.35 bits per heavy atom. The maximum atomic E-state index is 14.1. The van der Waals surface area contributed by atoms with Gasteiger partial charge in [0, 0.05) is 69.1 Å². The number of aryl methyl sites for hydroxylation is 2. The van der Waals surface area contributed by atoms with Gasteiger partial charge in [0.15, 0.2) is 5.65 Å². The number of nitrogens with zero attached hydrogens (tertiary/aromatic N) is 7. The molecule has 37 heavy (non-hydrogen) atoms. The first-order chi connectivity index (χ1) is 18.0. The fraction of sp³-hybridized carbons (Fsp3) is 0.448. The number of amides is 1. The van der Waals surface area contributed by atoms with Crippen molar-refractivity contribution in [2.45, 2.75) is 51.0 Å². The van der Waals surface area contributed by atoms with Crippen LogP contribution in [0.25, 0.3) is 16.7 Å². The molecule has 3 aliphatic rings. The van der Waals surface area contributed by atoms with Crippen molar-refractivity contribution in [1.82, 2.24) is 34.3 Å². The Bertz CT molecular complexity index is 1470. The van der Waals surface area contributed by atoms with Crippen LogP contribution in [0.2, 0.25) is 0 Å². The average molecular weight is 496 g/mol. The molecule has 3 aromatic heterocycles. The first kappa shape index (κ1) is 22.7. The maximum absolute atomic E-state index is 14.1. The number of hydrogen-bond donors (Lipinski definition) is 0. The minimum Gasteiger partial charge on any atom is -0.336 e. The lowest BCUT2D eigenvalue weighted by Crippen LogP contribution is -2.48. The molecule has 190 valence electrons. The summed E-state index contributed by atoms with van der Waals surface area (Å²) in [5, 5.41) is 10.5. The molecule has 2 saturated carbocycles. The number of para-hydroxylation sites is 1. The summed E-state index contributed by atoms with van der Waals surface area (Å²) in [6, 6.07) is 12.3. The number of piperazine rings is 1. The topological polar surface area (TPSA) is 72.1 Å². The molecular formula is C29H33N7O. The van der Waals surface area contributed by atoms with Crippen molar-refractivity contribution in [3.05, 3.63) is 70.8 Å². The van der Waals surface area contributed by atoms with E-state index in [0.717, 1.165) is 97.8 Å². The van der Waals surface area contributed by atoms with Crippen LogP contribution in [0.4, 0.5) is 0 Å². The van der Waals surface area contributed by atoms with Crippen LogP contribution in [-0.2, 0) is 13.6 Å². The average Bonchev–Trinajstić information content (AvgIpc) is 3.85. The van der Waals surface area contributed by atoms with E-state index in [1.165, 1.54) is 5.56 Å². The molecule has 0 N–H and O–H groups in total. The molecule has 4 aromatic rings. The third-order valence-electron chi connectivity index (χ3n) is 8.04. The summed E-state index contributed by atoms with van der Waals surface area (Å²) in [5.74, 6) is 1.01. The van der Waals surface area contributed by atoms with E-state index in [1.807, 2.05) is 39.5 Å². The number of benzene rings is 1. The van der Waals surface area contributed by atoms with Gasteiger partial charge in [-0.1, -0.05) is 18.2 Å². The van der Waals surface area contributed by atoms with Gasteiger partial charge in [-0.25, -0.2) is 9.67 Å². The Morgan fingerprint density at radius 1 is 0.973 bits per heavy atom. The molecule has 7 rings (SSSR count). The van der Waals surface area contributed by atoms with Crippen molar-refractivity contribution in [2.24, 2.45) is 7.05 Å². The second kappa shape index (κ2) is 8.80. The Morgan fingerprint density at radius 2 is 1.70 bits per heavy atom. The number of aromatic nitrogens is 5. The van der Waals surface area contributed by atoms with Gasteiger partial charge < -0.3 is 4.90 Å². The summed E-state index contributed by atoms with van der Waals surface area (Å²) in [4.78, 5) is 23.7. The standard InChI is InChI=1S/C29H33N7O/c1-19-22(17-33(2)31-19)18-34-12-14-35(15-13-34)29(37)24-16-25(20-8-9-20)30-28-26(24)27(21-10-11-21)32-36(28)23-6-4-3-5-7-23/h3-7,16-17,20-21H,8-15,18H2,1-2H3. The third kappa shape index (κ3) is 4.23. The fourth-order valence-corrected chi connectivity index (χ4v) is 5.63. The largest absolute Gasteiger partial charge is 0.336 e. The minimum absolute atomic E-state index is 0.126. The molecule has 0 spiro atoms. The van der Waals surface area contributed by atoms with Crippen LogP contribution in [0, 0.1) is 6.92 Å². The van der Waals surface area contributed by atoms with Crippen LogP contribution in [0.15, 0.2) is 42.6 Å². The van der Waals surface area contributed by atoms with Gasteiger partial charge in [0.1, 0.15) is 0 Å². The quantitative estimate of drug-likeness (QED) is 0.401. The van der Waals surface area contributed by atoms with E-state index in [2.05, 4.69) is 41.3 Å². The molecule has 4 heterocycles. The Balaban J connectivity index is 1.22. The highest BCUT2D eigenvalue weighted by molar-refractivity contribution is 6.07. The van der Waals surface area contributed by atoms with Gasteiger partial charge in [-0.3, -0.25) is 14.4 Å². The van der Waals surface area contributed by atoms with Gasteiger partial charge in [0.2, 0.25) is 0 Å². The van der Waals surface area contributed by atoms with Crippen molar-refractivity contribution in [3.63, 3.8) is 0 Å². The number of hydrogen-bond acceptors (Lipinski definition) is 5. The summed E-state index contributed by atoms with van der Waals surface area (Å²) in [6.45, 7) is 6.13. The van der Waals surface area contributed by atoms with Crippen LogP contribution >= 0.6 is 0 Å². The molecule has 0 atom stereocenters. The van der Waals surface area contributed by atoms with Crippen LogP contribution < -0.4 is 0 Å². The molecule has 1 aromatic carbocycles. The Labute approximate surface area is 216 Å². The van der Waals surface area contributed by atoms with E-state index in [1.54, 1.807) is 0 Å². The maximum Gasteiger partial charge on any atom is 0.254 e. The summed E-state index contributed by atoms with van der Waals surface area (Å²) < 4.78 is 3.85. The second-order valence-corrected chi connectivity index (χ2v) is 11.0. The molecule has 1 aliphatic heterocycles. The normalized spacial score (nSPS) is 18.6. The molecule has 1 amide bonds. The number of carbonyl (C=O) groups is 1. The van der Waals surface area contributed by atoms with E-state index in [4.69, 9.17) is 10.1 Å². The minimum atomic E-state index is 0.126. The molecule has 8 nitrogen and oxygen atoms in total. The zero-order chi connectivity index (χ0) is 25.1. The van der Waals surface area contributed by atoms with Crippen LogP contribution in [0.1, 0.15) is 70.5 Å². The molecule has 1 saturated heterocycles. The van der Waals surface area contributed by atoms with Gasteiger partial charge in [-0.2, -0.15) is 10.2 Å². The molecule has 8 heteroatoms. The summed E-state index contributed by atoms with van der Waals surface area (Å²) in [5.41, 5.74) is 7.06. The first-order valence-corrected chi connectivity index (χ1v) is 13.5. The fourth-order valence-electron chi connectivity index (χ4n) is 5.63. The summed E-state index contributed by atoms with van der Waals surface area (Å²) in [7, 11) is 1.97. The number of carbonyl (C=O) groups excluding carboxylic acids is 1. The van der Waals surface area contributed by atoms with Crippen molar-refractivity contribution in [1.29, 1.82) is 0 Å². The molecular weight excluding hydrogens is 462 g/mol. The highest BCUT2D eigenvalue weighted by Crippen LogP contribution is 2.46. The highest BCUT2D eigenvalue weighted by Gasteiger charge is 2.35. The Kier molecular flexibility index (Phi) is 5.39. The number of fused-ring (bicyclic) bond motifs is 1. The monoisotopic (exact) mass is 495 g/mol. The zero-order valence-electron chi connectivity index (χ0n) is 21.6. The zero-order valence-corrected chi connectivity index (χ0v) is 21.6. The molecule has 0 radical (unpaired) electrons. The van der Waals surface area contributed by atoms with Gasteiger partial charge in [0.05, 0.1) is 28.0 Å². The molecule has 3 fully saturated rings.